The maximum atomic E-state index is 5.97. The molecule has 0 saturated heterocycles. The van der Waals surface area contributed by atoms with Crippen molar-refractivity contribution < 1.29 is 0 Å². The molecule has 0 aliphatic heterocycles. The minimum Gasteiger partial charge on any atom is -0.384 e. The molecule has 1 heterocycles. The van der Waals surface area contributed by atoms with Gasteiger partial charge in [-0.15, -0.1) is 0 Å². The second-order valence-corrected chi connectivity index (χ2v) is 6.03. The van der Waals surface area contributed by atoms with Gasteiger partial charge in [0.2, 0.25) is 0 Å². The summed E-state index contributed by atoms with van der Waals surface area (Å²) in [6.07, 6.45) is 3.15. The van der Waals surface area contributed by atoms with Crippen LogP contribution >= 0.6 is 0 Å². The van der Waals surface area contributed by atoms with Gasteiger partial charge in [-0.05, 0) is 36.3 Å². The van der Waals surface area contributed by atoms with Crippen molar-refractivity contribution in [3.63, 3.8) is 0 Å². The molecule has 0 amide bonds. The van der Waals surface area contributed by atoms with Crippen LogP contribution in [0.25, 0.3) is 0 Å². The molecule has 2 aromatic rings. The van der Waals surface area contributed by atoms with Crippen molar-refractivity contribution in [2.24, 2.45) is 5.92 Å². The minimum absolute atomic E-state index is 0.306. The SMILES string of the molecule is CC(C)Cc1cc(N)nc(C2CCc3ccccc32)n1. The number of aryl methyl sites for hydroxylation is 1. The van der Waals surface area contributed by atoms with Gasteiger partial charge in [-0.25, -0.2) is 9.97 Å². The molecule has 3 nitrogen and oxygen atoms in total. The van der Waals surface area contributed by atoms with Gasteiger partial charge in [-0.2, -0.15) is 0 Å². The van der Waals surface area contributed by atoms with Gasteiger partial charge in [0.25, 0.3) is 0 Å². The van der Waals surface area contributed by atoms with E-state index in [0.717, 1.165) is 30.8 Å². The van der Waals surface area contributed by atoms with Crippen LogP contribution in [0.15, 0.2) is 30.3 Å². The normalized spacial score (nSPS) is 17.4. The Kier molecular flexibility index (Phi) is 3.43. The molecule has 1 aromatic heterocycles. The van der Waals surface area contributed by atoms with Crippen molar-refractivity contribution in [3.05, 3.63) is 53.0 Å². The fourth-order valence-corrected chi connectivity index (χ4v) is 3.04. The van der Waals surface area contributed by atoms with E-state index in [1.54, 1.807) is 0 Å². The number of hydrogen-bond acceptors (Lipinski definition) is 3. The van der Waals surface area contributed by atoms with Crippen LogP contribution in [-0.2, 0) is 12.8 Å². The molecule has 0 fully saturated rings. The number of anilines is 1. The summed E-state index contributed by atoms with van der Waals surface area (Å²) in [6, 6.07) is 10.5. The van der Waals surface area contributed by atoms with Crippen LogP contribution in [0.3, 0.4) is 0 Å². The third kappa shape index (κ3) is 2.53. The zero-order valence-corrected chi connectivity index (χ0v) is 12.1. The molecule has 0 bridgehead atoms. The molecule has 0 saturated carbocycles. The second-order valence-electron chi connectivity index (χ2n) is 6.03. The second kappa shape index (κ2) is 5.23. The van der Waals surface area contributed by atoms with Gasteiger partial charge in [-0.1, -0.05) is 38.1 Å². The predicted molar refractivity (Wildman–Crippen MR) is 81.6 cm³/mol. The van der Waals surface area contributed by atoms with E-state index in [9.17, 15) is 0 Å². The maximum Gasteiger partial charge on any atom is 0.138 e. The van der Waals surface area contributed by atoms with Crippen LogP contribution in [0.1, 0.15) is 48.8 Å². The van der Waals surface area contributed by atoms with Gasteiger partial charge in [-0.3, -0.25) is 0 Å². The Morgan fingerprint density at radius 1 is 1.25 bits per heavy atom. The summed E-state index contributed by atoms with van der Waals surface area (Å²) in [5.74, 6) is 2.37. The van der Waals surface area contributed by atoms with Crippen molar-refractivity contribution in [1.82, 2.24) is 9.97 Å². The fourth-order valence-electron chi connectivity index (χ4n) is 3.04. The number of nitrogens with zero attached hydrogens (tertiary/aromatic N) is 2. The number of aromatic nitrogens is 2. The van der Waals surface area contributed by atoms with Crippen LogP contribution in [0.5, 0.6) is 0 Å². The summed E-state index contributed by atoms with van der Waals surface area (Å²) < 4.78 is 0. The highest BCUT2D eigenvalue weighted by molar-refractivity contribution is 5.40. The van der Waals surface area contributed by atoms with E-state index in [1.165, 1.54) is 11.1 Å². The average molecular weight is 267 g/mol. The largest absolute Gasteiger partial charge is 0.384 e. The van der Waals surface area contributed by atoms with E-state index in [2.05, 4.69) is 43.1 Å². The van der Waals surface area contributed by atoms with Gasteiger partial charge < -0.3 is 5.73 Å². The Morgan fingerprint density at radius 2 is 2.05 bits per heavy atom. The van der Waals surface area contributed by atoms with Gasteiger partial charge in [0.1, 0.15) is 11.6 Å². The molecule has 104 valence electrons. The Balaban J connectivity index is 1.97. The molecule has 0 radical (unpaired) electrons. The number of hydrogen-bond donors (Lipinski definition) is 1. The van der Waals surface area contributed by atoms with Crippen LogP contribution < -0.4 is 5.73 Å². The van der Waals surface area contributed by atoms with E-state index in [0.29, 0.717) is 17.7 Å². The number of nitrogens with two attached hydrogens (primary N) is 1. The van der Waals surface area contributed by atoms with E-state index < -0.39 is 0 Å². The molecular formula is C17H21N3. The molecule has 1 aliphatic carbocycles. The predicted octanol–water partition coefficient (Wildman–Crippen LogP) is 3.34. The zero-order chi connectivity index (χ0) is 14.1. The van der Waals surface area contributed by atoms with E-state index in [-0.39, 0.29) is 0 Å². The number of fused-ring (bicyclic) bond motifs is 1. The summed E-state index contributed by atoms with van der Waals surface area (Å²) in [5.41, 5.74) is 9.83. The summed E-state index contributed by atoms with van der Waals surface area (Å²) in [6.45, 7) is 4.39. The molecule has 20 heavy (non-hydrogen) atoms. The first kappa shape index (κ1) is 13.1. The summed E-state index contributed by atoms with van der Waals surface area (Å²) >= 11 is 0. The van der Waals surface area contributed by atoms with Crippen LogP contribution in [0, 0.1) is 5.92 Å². The molecule has 2 N–H and O–H groups in total. The summed E-state index contributed by atoms with van der Waals surface area (Å²) in [5, 5.41) is 0. The monoisotopic (exact) mass is 267 g/mol. The van der Waals surface area contributed by atoms with E-state index >= 15 is 0 Å². The summed E-state index contributed by atoms with van der Waals surface area (Å²) in [4.78, 5) is 9.25. The van der Waals surface area contributed by atoms with Gasteiger partial charge in [0.15, 0.2) is 0 Å². The Hall–Kier alpha value is -1.90. The third-order valence-electron chi connectivity index (χ3n) is 3.88. The maximum absolute atomic E-state index is 5.97. The first-order valence-corrected chi connectivity index (χ1v) is 7.34. The van der Waals surface area contributed by atoms with E-state index in [1.807, 2.05) is 6.07 Å². The van der Waals surface area contributed by atoms with Gasteiger partial charge in [0.05, 0.1) is 0 Å². The van der Waals surface area contributed by atoms with E-state index in [4.69, 9.17) is 10.7 Å². The Morgan fingerprint density at radius 3 is 2.85 bits per heavy atom. The van der Waals surface area contributed by atoms with Crippen LogP contribution in [-0.4, -0.2) is 9.97 Å². The van der Waals surface area contributed by atoms with Crippen molar-refractivity contribution in [2.75, 3.05) is 5.73 Å². The standard InChI is InChI=1S/C17H21N3/c1-11(2)9-13-10-16(18)20-17(19-13)15-8-7-12-5-3-4-6-14(12)15/h3-6,10-11,15H,7-9H2,1-2H3,(H2,18,19,20). The van der Waals surface area contributed by atoms with Gasteiger partial charge in [0, 0.05) is 17.7 Å². The van der Waals surface area contributed by atoms with Crippen molar-refractivity contribution >= 4 is 5.82 Å². The molecule has 3 rings (SSSR count). The molecule has 1 unspecified atom stereocenters. The zero-order valence-electron chi connectivity index (χ0n) is 12.1. The lowest BCUT2D eigenvalue weighted by molar-refractivity contribution is 0.624. The summed E-state index contributed by atoms with van der Waals surface area (Å²) in [7, 11) is 0. The highest BCUT2D eigenvalue weighted by Crippen LogP contribution is 2.36. The number of benzene rings is 1. The highest BCUT2D eigenvalue weighted by Gasteiger charge is 2.26. The number of rotatable bonds is 3. The lowest BCUT2D eigenvalue weighted by Crippen LogP contribution is -2.09. The van der Waals surface area contributed by atoms with Crippen LogP contribution in [0.2, 0.25) is 0 Å². The lowest BCUT2D eigenvalue weighted by atomic mass is 10.00. The number of nitrogen functional groups attached to an aromatic ring is 1. The van der Waals surface area contributed by atoms with Gasteiger partial charge >= 0.3 is 0 Å². The molecule has 0 spiro atoms. The highest BCUT2D eigenvalue weighted by atomic mass is 15.0. The van der Waals surface area contributed by atoms with Crippen molar-refractivity contribution in [3.8, 4) is 0 Å². The Labute approximate surface area is 120 Å². The molecule has 3 heteroatoms. The quantitative estimate of drug-likeness (QED) is 0.928. The van der Waals surface area contributed by atoms with Crippen molar-refractivity contribution in [1.29, 1.82) is 0 Å². The first-order valence-electron chi connectivity index (χ1n) is 7.34. The molecule has 1 atom stereocenters. The first-order chi connectivity index (χ1) is 9.63. The smallest absolute Gasteiger partial charge is 0.138 e. The molecule has 1 aromatic carbocycles. The fraction of sp³-hybridized carbons (Fsp3) is 0.412. The average Bonchev–Trinajstić information content (AvgIpc) is 2.80. The minimum atomic E-state index is 0.306. The lowest BCUT2D eigenvalue weighted by Gasteiger charge is -2.13. The molecule has 1 aliphatic rings. The molecular weight excluding hydrogens is 246 g/mol. The topological polar surface area (TPSA) is 51.8 Å². The van der Waals surface area contributed by atoms with Crippen molar-refractivity contribution in [2.45, 2.75) is 39.0 Å². The third-order valence-corrected chi connectivity index (χ3v) is 3.88. The Bertz CT molecular complexity index is 619. The van der Waals surface area contributed by atoms with Crippen LogP contribution in [0.4, 0.5) is 5.82 Å².